The number of fused-ring (bicyclic) bond motifs is 3. The Balaban J connectivity index is 1.47. The Morgan fingerprint density at radius 3 is 2.19 bits per heavy atom. The molecule has 0 unspecified atom stereocenters. The number of nitrogens with zero attached hydrogens (tertiary/aromatic N) is 3. The van der Waals surface area contributed by atoms with Crippen LogP contribution in [0.5, 0.6) is 0 Å². The largest absolute Gasteiger partial charge is 0.333 e. The smallest absolute Gasteiger partial charge is 0.157 e. The number of para-hydroxylation sites is 1. The van der Waals surface area contributed by atoms with Gasteiger partial charge in [0.25, 0.3) is 0 Å². The molecule has 0 atom stereocenters. The van der Waals surface area contributed by atoms with Crippen molar-refractivity contribution in [2.45, 2.75) is 45.6 Å². The molecule has 2 heterocycles. The average Bonchev–Trinajstić information content (AvgIpc) is 3.54. The number of halogens is 4. The third-order valence-electron chi connectivity index (χ3n) is 7.99. The number of alkyl halides is 1. The summed E-state index contributed by atoms with van der Waals surface area (Å²) in [5, 5.41) is 5.53. The van der Waals surface area contributed by atoms with E-state index < -0.39 is 17.5 Å². The summed E-state index contributed by atoms with van der Waals surface area (Å²) in [6, 6.07) is 23.4. The molecule has 0 amide bonds. The lowest BCUT2D eigenvalue weighted by Crippen LogP contribution is -2.08. The van der Waals surface area contributed by atoms with E-state index in [9.17, 15) is 4.39 Å². The second kappa shape index (κ2) is 11.8. The molecule has 0 aliphatic heterocycles. The summed E-state index contributed by atoms with van der Waals surface area (Å²) < 4.78 is 63.4. The molecule has 42 heavy (non-hydrogen) atoms. The summed E-state index contributed by atoms with van der Waals surface area (Å²) in [5.41, 5.74) is 4.32. The fraction of sp³-hybridized carbons (Fsp3) is 0.229. The van der Waals surface area contributed by atoms with E-state index >= 15 is 13.2 Å². The van der Waals surface area contributed by atoms with Gasteiger partial charge in [-0.1, -0.05) is 55.3 Å². The highest BCUT2D eigenvalue weighted by molar-refractivity contribution is 6.08. The number of aromatic nitrogens is 3. The summed E-state index contributed by atoms with van der Waals surface area (Å²) in [5.74, 6) is -1.78. The number of unbranched alkanes of at least 4 members (excludes halogenated alkanes) is 3. The average molecular weight is 570 g/mol. The lowest BCUT2D eigenvalue weighted by molar-refractivity contribution is 0.453. The zero-order valence-electron chi connectivity index (χ0n) is 23.4. The molecule has 0 bridgehead atoms. The number of benzene rings is 4. The molecule has 0 saturated heterocycles. The molecule has 7 heteroatoms. The number of hydrogen-bond acceptors (Lipinski definition) is 1. The molecule has 2 aromatic heterocycles. The molecule has 0 saturated carbocycles. The molecule has 0 radical (unpaired) electrons. The van der Waals surface area contributed by atoms with Crippen molar-refractivity contribution >= 4 is 21.8 Å². The molecule has 214 valence electrons. The van der Waals surface area contributed by atoms with Crippen LogP contribution in [0, 0.1) is 24.4 Å². The van der Waals surface area contributed by atoms with Crippen molar-refractivity contribution in [1.82, 2.24) is 14.3 Å². The summed E-state index contributed by atoms with van der Waals surface area (Å²) >= 11 is 0. The summed E-state index contributed by atoms with van der Waals surface area (Å²) in [6.45, 7) is 1.36. The molecular weight excluding hydrogens is 538 g/mol. The number of hydrogen-bond donors (Lipinski definition) is 0. The van der Waals surface area contributed by atoms with Gasteiger partial charge < -0.3 is 4.57 Å². The minimum Gasteiger partial charge on any atom is -0.333 e. The van der Waals surface area contributed by atoms with Gasteiger partial charge in [-0.15, -0.1) is 0 Å². The highest BCUT2D eigenvalue weighted by Crippen LogP contribution is 2.39. The van der Waals surface area contributed by atoms with Crippen LogP contribution in [0.1, 0.15) is 42.4 Å². The Morgan fingerprint density at radius 1 is 0.762 bits per heavy atom. The Hall–Kier alpha value is -4.39. The van der Waals surface area contributed by atoms with Gasteiger partial charge in [-0.3, -0.25) is 4.39 Å². The Labute approximate surface area is 242 Å². The Bertz CT molecular complexity index is 1850. The lowest BCUT2D eigenvalue weighted by Gasteiger charge is -2.15. The highest BCUT2D eigenvalue weighted by Gasteiger charge is 2.25. The van der Waals surface area contributed by atoms with E-state index in [-0.39, 0.29) is 24.5 Å². The fourth-order valence-electron chi connectivity index (χ4n) is 5.83. The van der Waals surface area contributed by atoms with Crippen LogP contribution < -0.4 is 0 Å². The quantitative estimate of drug-likeness (QED) is 0.119. The molecule has 0 spiro atoms. The van der Waals surface area contributed by atoms with Crippen molar-refractivity contribution in [2.75, 3.05) is 6.67 Å². The maximum Gasteiger partial charge on any atom is 0.157 e. The van der Waals surface area contributed by atoms with Crippen LogP contribution in [0.15, 0.2) is 85.1 Å². The van der Waals surface area contributed by atoms with Crippen LogP contribution in [-0.2, 0) is 13.0 Å². The summed E-state index contributed by atoms with van der Waals surface area (Å²) in [7, 11) is 0. The SMILES string of the molecule is Cc1ccccc1-c1c(F)c2c3cnn(-c4ccccc4)c3ccc2n1Cc1c(F)cc(CCCCCCF)cc1F. The van der Waals surface area contributed by atoms with Crippen LogP contribution in [0.2, 0.25) is 0 Å². The Morgan fingerprint density at radius 2 is 1.45 bits per heavy atom. The second-order valence-corrected chi connectivity index (χ2v) is 10.7. The predicted octanol–water partition coefficient (Wildman–Crippen LogP) is 9.49. The first-order chi connectivity index (χ1) is 20.5. The molecule has 0 fully saturated rings. The van der Waals surface area contributed by atoms with E-state index in [4.69, 9.17) is 0 Å². The van der Waals surface area contributed by atoms with E-state index in [1.807, 2.05) is 67.6 Å². The topological polar surface area (TPSA) is 22.8 Å². The number of rotatable bonds is 10. The first-order valence-electron chi connectivity index (χ1n) is 14.3. The molecule has 0 N–H and O–H groups in total. The number of aryl methyl sites for hydroxylation is 2. The van der Waals surface area contributed by atoms with Crippen LogP contribution in [0.3, 0.4) is 0 Å². The predicted molar refractivity (Wildman–Crippen MR) is 160 cm³/mol. The third-order valence-corrected chi connectivity index (χ3v) is 7.99. The van der Waals surface area contributed by atoms with Crippen LogP contribution in [-0.4, -0.2) is 21.0 Å². The second-order valence-electron chi connectivity index (χ2n) is 10.7. The van der Waals surface area contributed by atoms with E-state index in [0.29, 0.717) is 40.3 Å². The van der Waals surface area contributed by atoms with E-state index in [2.05, 4.69) is 5.10 Å². The van der Waals surface area contributed by atoms with Gasteiger partial charge in [0.2, 0.25) is 0 Å². The Kier molecular flexibility index (Phi) is 7.83. The maximum absolute atomic E-state index is 16.6. The van der Waals surface area contributed by atoms with Crippen molar-refractivity contribution in [3.63, 3.8) is 0 Å². The molecular formula is C35H31F4N3. The van der Waals surface area contributed by atoms with Gasteiger partial charge in [-0.2, -0.15) is 5.10 Å². The minimum absolute atomic E-state index is 0.122. The molecule has 4 aromatic carbocycles. The van der Waals surface area contributed by atoms with E-state index in [1.165, 1.54) is 12.1 Å². The zero-order chi connectivity index (χ0) is 29.2. The van der Waals surface area contributed by atoms with Crippen molar-refractivity contribution in [3.8, 4) is 16.9 Å². The summed E-state index contributed by atoms with van der Waals surface area (Å²) in [4.78, 5) is 0. The van der Waals surface area contributed by atoms with E-state index in [1.54, 1.807) is 21.5 Å². The zero-order valence-corrected chi connectivity index (χ0v) is 23.4. The van der Waals surface area contributed by atoms with Gasteiger partial charge in [0.05, 0.1) is 41.8 Å². The lowest BCUT2D eigenvalue weighted by atomic mass is 10.0. The molecule has 0 aliphatic carbocycles. The van der Waals surface area contributed by atoms with Crippen LogP contribution in [0.25, 0.3) is 38.8 Å². The maximum atomic E-state index is 16.6. The van der Waals surface area contributed by atoms with E-state index in [0.717, 1.165) is 36.0 Å². The van der Waals surface area contributed by atoms with Gasteiger partial charge in [0.1, 0.15) is 11.6 Å². The highest BCUT2D eigenvalue weighted by atomic mass is 19.1. The van der Waals surface area contributed by atoms with Crippen molar-refractivity contribution in [2.24, 2.45) is 0 Å². The normalized spacial score (nSPS) is 11.6. The molecule has 3 nitrogen and oxygen atoms in total. The van der Waals surface area contributed by atoms with Gasteiger partial charge in [-0.25, -0.2) is 17.9 Å². The van der Waals surface area contributed by atoms with Crippen LogP contribution >= 0.6 is 0 Å². The van der Waals surface area contributed by atoms with Crippen LogP contribution in [0.4, 0.5) is 17.6 Å². The van der Waals surface area contributed by atoms with Crippen molar-refractivity contribution in [1.29, 1.82) is 0 Å². The summed E-state index contributed by atoms with van der Waals surface area (Å²) in [6.07, 6.45) is 4.95. The van der Waals surface area contributed by atoms with Crippen molar-refractivity contribution < 1.29 is 17.6 Å². The monoisotopic (exact) mass is 569 g/mol. The van der Waals surface area contributed by atoms with Gasteiger partial charge in [0, 0.05) is 21.9 Å². The van der Waals surface area contributed by atoms with Gasteiger partial charge in [0.15, 0.2) is 5.82 Å². The first-order valence-corrected chi connectivity index (χ1v) is 14.3. The third kappa shape index (κ3) is 5.08. The molecule has 6 rings (SSSR count). The molecule has 0 aliphatic rings. The standard InChI is InChI=1S/C35H31F4N3/c1-23-11-8-9-15-26(23)35-34(39)33-27-21-40-42(25-13-6-4-7-14-25)31(27)16-17-32(33)41(35)22-28-29(37)19-24(20-30(28)38)12-5-2-3-10-18-36/h4,6-9,11,13-17,19-21H,2-3,5,10,12,18,22H2,1H3. The molecule has 6 aromatic rings. The van der Waals surface area contributed by atoms with Gasteiger partial charge in [-0.05, 0) is 73.7 Å². The minimum atomic E-state index is -0.662. The van der Waals surface area contributed by atoms with Gasteiger partial charge >= 0.3 is 0 Å². The van der Waals surface area contributed by atoms with Crippen molar-refractivity contribution in [3.05, 3.63) is 119 Å². The first kappa shape index (κ1) is 27.8. The fourth-order valence-corrected chi connectivity index (χ4v) is 5.83.